The van der Waals surface area contributed by atoms with Crippen LogP contribution in [0.4, 0.5) is 0 Å². The number of carbonyl (C=O) groups excluding carboxylic acids is 1. The van der Waals surface area contributed by atoms with E-state index in [0.717, 1.165) is 0 Å². The van der Waals surface area contributed by atoms with Crippen molar-refractivity contribution in [3.63, 3.8) is 0 Å². The fourth-order valence-corrected chi connectivity index (χ4v) is 0.392. The van der Waals surface area contributed by atoms with Gasteiger partial charge in [-0.25, -0.2) is 0 Å². The van der Waals surface area contributed by atoms with Crippen LogP contribution in [0.5, 0.6) is 0 Å². The van der Waals surface area contributed by atoms with Gasteiger partial charge in [0.1, 0.15) is 6.29 Å². The molecular weight excluding hydrogens is 120 g/mol. The monoisotopic (exact) mass is 131 g/mol. The third-order valence-corrected chi connectivity index (χ3v) is 0.968. The van der Waals surface area contributed by atoms with Crippen molar-refractivity contribution in [2.24, 2.45) is 0 Å². The van der Waals surface area contributed by atoms with Crippen molar-refractivity contribution in [1.29, 1.82) is 0 Å². The zero-order chi connectivity index (χ0) is 7.28. The smallest absolute Gasteiger partial charge is 0.120 e. The van der Waals surface area contributed by atoms with Gasteiger partial charge < -0.3 is 15.0 Å². The highest BCUT2D eigenvalue weighted by atomic mass is 16.3. The molecule has 1 radical (unpaired) electrons. The fourth-order valence-electron chi connectivity index (χ4n) is 0.392. The summed E-state index contributed by atoms with van der Waals surface area (Å²) >= 11 is 0. The van der Waals surface area contributed by atoms with E-state index in [-0.39, 0.29) is 6.42 Å². The van der Waals surface area contributed by atoms with Crippen molar-refractivity contribution in [3.8, 4) is 0 Å². The van der Waals surface area contributed by atoms with Crippen LogP contribution in [0.15, 0.2) is 0 Å². The van der Waals surface area contributed by atoms with Crippen LogP contribution in [0.1, 0.15) is 13.3 Å². The van der Waals surface area contributed by atoms with Gasteiger partial charge in [-0.1, -0.05) is 0 Å². The van der Waals surface area contributed by atoms with Gasteiger partial charge in [0.25, 0.3) is 0 Å². The Hall–Kier alpha value is -0.410. The Morgan fingerprint density at radius 2 is 2.11 bits per heavy atom. The number of hydrogen-bond donors (Lipinski definition) is 2. The van der Waals surface area contributed by atoms with E-state index in [1.807, 2.05) is 0 Å². The van der Waals surface area contributed by atoms with E-state index in [4.69, 9.17) is 10.2 Å². The molecule has 2 unspecified atom stereocenters. The van der Waals surface area contributed by atoms with Gasteiger partial charge in [-0.05, 0) is 13.3 Å². The van der Waals surface area contributed by atoms with Gasteiger partial charge in [0.15, 0.2) is 0 Å². The third-order valence-electron chi connectivity index (χ3n) is 0.968. The molecule has 0 aliphatic rings. The molecule has 0 fully saturated rings. The zero-order valence-electron chi connectivity index (χ0n) is 5.32. The summed E-state index contributed by atoms with van der Waals surface area (Å²) < 4.78 is 0. The maximum atomic E-state index is 9.71. The van der Waals surface area contributed by atoms with Gasteiger partial charge in [0, 0.05) is 6.42 Å². The average Bonchev–Trinajstić information content (AvgIpc) is 1.82. The Bertz CT molecular complexity index is 80.4. The molecule has 0 aromatic rings. The second-order valence-electron chi connectivity index (χ2n) is 1.87. The van der Waals surface area contributed by atoms with Crippen molar-refractivity contribution >= 4 is 6.29 Å². The van der Waals surface area contributed by atoms with E-state index in [0.29, 0.717) is 6.29 Å². The van der Waals surface area contributed by atoms with E-state index in [2.05, 4.69) is 0 Å². The molecule has 0 aliphatic heterocycles. The Labute approximate surface area is 54.3 Å². The van der Waals surface area contributed by atoms with Crippen LogP contribution in [0.3, 0.4) is 0 Å². The molecule has 0 rings (SSSR count). The minimum absolute atomic E-state index is 0.187. The number of rotatable bonds is 4. The van der Waals surface area contributed by atoms with Crippen LogP contribution in [-0.2, 0) is 4.79 Å². The highest BCUT2D eigenvalue weighted by Crippen LogP contribution is 1.97. The Morgan fingerprint density at radius 1 is 1.56 bits per heavy atom. The average molecular weight is 131 g/mol. The van der Waals surface area contributed by atoms with Crippen LogP contribution < -0.4 is 0 Å². The number of aliphatic hydroxyl groups excluding tert-OH is 2. The molecular formula is C6H11O3. The highest BCUT2D eigenvalue weighted by molar-refractivity contribution is 5.51. The Balaban J connectivity index is 3.26. The van der Waals surface area contributed by atoms with Crippen LogP contribution in [0.25, 0.3) is 0 Å². The molecule has 53 valence electrons. The van der Waals surface area contributed by atoms with E-state index < -0.39 is 12.2 Å². The molecule has 9 heavy (non-hydrogen) atoms. The van der Waals surface area contributed by atoms with Crippen LogP contribution >= 0.6 is 0 Å². The molecule has 0 saturated carbocycles. The topological polar surface area (TPSA) is 57.5 Å². The quantitative estimate of drug-likeness (QED) is 0.507. The summed E-state index contributed by atoms with van der Waals surface area (Å²) in [6, 6.07) is 0. The molecule has 0 heterocycles. The molecule has 3 heteroatoms. The summed E-state index contributed by atoms with van der Waals surface area (Å²) in [5.74, 6) is 0. The fraction of sp³-hybridized carbons (Fsp3) is 0.667. The van der Waals surface area contributed by atoms with Gasteiger partial charge in [0.2, 0.25) is 0 Å². The molecule has 3 nitrogen and oxygen atoms in total. The molecule has 0 aromatic heterocycles. The second-order valence-corrected chi connectivity index (χ2v) is 1.87. The van der Waals surface area contributed by atoms with E-state index in [9.17, 15) is 4.79 Å². The minimum atomic E-state index is -0.879. The van der Waals surface area contributed by atoms with Gasteiger partial charge in [0.05, 0.1) is 12.2 Å². The number of aliphatic hydroxyl groups is 2. The van der Waals surface area contributed by atoms with E-state index in [1.54, 1.807) is 0 Å². The van der Waals surface area contributed by atoms with Gasteiger partial charge in [-0.3, -0.25) is 0 Å². The molecule has 2 atom stereocenters. The summed E-state index contributed by atoms with van der Waals surface area (Å²) in [7, 11) is 0. The number of carbonyl (C=O) groups is 1. The van der Waals surface area contributed by atoms with Gasteiger partial charge >= 0.3 is 0 Å². The first-order chi connectivity index (χ1) is 4.18. The first kappa shape index (κ1) is 8.59. The molecule has 2 N–H and O–H groups in total. The highest BCUT2D eigenvalue weighted by Gasteiger charge is 2.09. The Morgan fingerprint density at radius 3 is 2.44 bits per heavy atom. The van der Waals surface area contributed by atoms with Crippen molar-refractivity contribution in [1.82, 2.24) is 0 Å². The molecule has 0 aromatic carbocycles. The first-order valence-corrected chi connectivity index (χ1v) is 2.81. The molecule has 0 bridgehead atoms. The van der Waals surface area contributed by atoms with E-state index in [1.165, 1.54) is 13.3 Å². The summed E-state index contributed by atoms with van der Waals surface area (Å²) in [5.41, 5.74) is 0. The molecule has 0 spiro atoms. The molecule has 0 amide bonds. The first-order valence-electron chi connectivity index (χ1n) is 2.81. The summed E-state index contributed by atoms with van der Waals surface area (Å²) in [4.78, 5) is 9.71. The predicted octanol–water partition coefficient (Wildman–Crippen LogP) is -0.479. The van der Waals surface area contributed by atoms with Crippen LogP contribution in [0, 0.1) is 6.42 Å². The van der Waals surface area contributed by atoms with Gasteiger partial charge in [-0.15, -0.1) is 0 Å². The largest absolute Gasteiger partial charge is 0.391 e. The Kier molecular flexibility index (Phi) is 4.26. The second kappa shape index (κ2) is 4.47. The zero-order valence-corrected chi connectivity index (χ0v) is 5.32. The van der Waals surface area contributed by atoms with Crippen molar-refractivity contribution in [2.45, 2.75) is 25.6 Å². The summed E-state index contributed by atoms with van der Waals surface area (Å²) in [6.07, 6.45) is 0.551. The lowest BCUT2D eigenvalue weighted by Crippen LogP contribution is -2.22. The number of hydrogen-bond acceptors (Lipinski definition) is 3. The normalized spacial score (nSPS) is 16.8. The minimum Gasteiger partial charge on any atom is -0.391 e. The van der Waals surface area contributed by atoms with Crippen molar-refractivity contribution in [3.05, 3.63) is 6.42 Å². The van der Waals surface area contributed by atoms with Crippen LogP contribution in [-0.4, -0.2) is 28.7 Å². The predicted molar refractivity (Wildman–Crippen MR) is 32.7 cm³/mol. The summed E-state index contributed by atoms with van der Waals surface area (Å²) in [6.45, 7) is 1.46. The maximum absolute atomic E-state index is 9.71. The molecule has 0 saturated heterocycles. The maximum Gasteiger partial charge on any atom is 0.120 e. The number of aldehydes is 1. The van der Waals surface area contributed by atoms with E-state index >= 15 is 0 Å². The SMILES string of the molecule is CC(O)C(O)[CH]CC=O. The standard InChI is InChI=1S/C6H11O3/c1-5(8)6(9)3-2-4-7/h3-6,8-9H,2H2,1H3. The van der Waals surface area contributed by atoms with Crippen molar-refractivity contribution in [2.75, 3.05) is 0 Å². The lowest BCUT2D eigenvalue weighted by atomic mass is 10.1. The third kappa shape index (κ3) is 4.12. The molecule has 0 aliphatic carbocycles. The lowest BCUT2D eigenvalue weighted by Gasteiger charge is -2.09. The summed E-state index contributed by atoms with van der Waals surface area (Å²) in [5, 5.41) is 17.4. The lowest BCUT2D eigenvalue weighted by molar-refractivity contribution is -0.107. The van der Waals surface area contributed by atoms with Gasteiger partial charge in [-0.2, -0.15) is 0 Å². The van der Waals surface area contributed by atoms with Crippen molar-refractivity contribution < 1.29 is 15.0 Å². The van der Waals surface area contributed by atoms with Crippen LogP contribution in [0.2, 0.25) is 0 Å².